The van der Waals surface area contributed by atoms with E-state index < -0.39 is 10.8 Å². The van der Waals surface area contributed by atoms with E-state index in [1.165, 1.54) is 0 Å². The Morgan fingerprint density at radius 2 is 2.12 bits per heavy atom. The fourth-order valence-corrected chi connectivity index (χ4v) is 0.941. The van der Waals surface area contributed by atoms with Crippen LogP contribution in [0.5, 0.6) is 0 Å². The van der Waals surface area contributed by atoms with Crippen molar-refractivity contribution in [2.45, 2.75) is 0 Å². The van der Waals surface area contributed by atoms with Gasteiger partial charge in [0.15, 0.2) is 6.21 Å². The highest BCUT2D eigenvalue weighted by atomic mass is 35.5. The molecule has 0 aliphatic carbocycles. The summed E-state index contributed by atoms with van der Waals surface area (Å²) < 4.78 is 0. The van der Waals surface area contributed by atoms with E-state index in [4.69, 9.17) is 16.8 Å². The number of rotatable bonds is 3. The predicted molar refractivity (Wildman–Crippen MR) is 59.8 cm³/mol. The average Bonchev–Trinajstić information content (AvgIpc) is 2.26. The summed E-state index contributed by atoms with van der Waals surface area (Å²) in [6.07, 6.45) is 0.614. The monoisotopic (exact) mass is 242 g/mol. The first-order valence-electron chi connectivity index (χ1n) is 4.04. The van der Waals surface area contributed by atoms with Crippen molar-refractivity contribution in [3.05, 3.63) is 39.4 Å². The molecular weight excluding hydrogens is 236 g/mol. The summed E-state index contributed by atoms with van der Waals surface area (Å²) in [6.45, 7) is 0. The predicted octanol–water partition coefficient (Wildman–Crippen LogP) is 1.80. The van der Waals surface area contributed by atoms with Gasteiger partial charge in [0.1, 0.15) is 0 Å². The van der Waals surface area contributed by atoms with Crippen LogP contribution < -0.4 is 5.43 Å². The molecule has 0 bridgehead atoms. The fourth-order valence-electron chi connectivity index (χ4n) is 0.815. The van der Waals surface area contributed by atoms with Crippen LogP contribution in [0.25, 0.3) is 0 Å². The number of nitrogens with one attached hydrogen (secondary N) is 1. The molecule has 1 aromatic rings. The molecule has 16 heavy (non-hydrogen) atoms. The lowest BCUT2D eigenvalue weighted by Gasteiger charge is -1.95. The smallest absolute Gasteiger partial charge is 0.409 e. The third-order valence-electron chi connectivity index (χ3n) is 1.50. The number of oxime groups is 1. The van der Waals surface area contributed by atoms with Crippen molar-refractivity contribution in [3.8, 4) is 0 Å². The van der Waals surface area contributed by atoms with Crippen molar-refractivity contribution in [2.75, 3.05) is 5.43 Å². The number of amidine groups is 1. The van der Waals surface area contributed by atoms with Crippen LogP contribution in [0, 0.1) is 10.1 Å². The quantitative estimate of drug-likeness (QED) is 0.277. The van der Waals surface area contributed by atoms with E-state index >= 15 is 0 Å². The van der Waals surface area contributed by atoms with Gasteiger partial charge in [0, 0.05) is 5.02 Å². The maximum absolute atomic E-state index is 10.4. The van der Waals surface area contributed by atoms with Crippen molar-refractivity contribution >= 4 is 29.3 Å². The zero-order valence-corrected chi connectivity index (χ0v) is 8.63. The van der Waals surface area contributed by atoms with Crippen LogP contribution in [0.2, 0.25) is 5.02 Å². The standard InChI is InChI=1S/C8H7ClN4O3/c9-6-1-3-7(4-2-6)11-12-8(5-10-14)13(15)16/h1-5,11,14H/b10-5+,12-8+. The Balaban J connectivity index is 2.77. The minimum Gasteiger partial charge on any atom is -0.411 e. The molecule has 0 fully saturated rings. The summed E-state index contributed by atoms with van der Waals surface area (Å²) >= 11 is 5.65. The Labute approximate surface area is 95.2 Å². The van der Waals surface area contributed by atoms with Crippen LogP contribution in [0.1, 0.15) is 0 Å². The van der Waals surface area contributed by atoms with E-state index in [0.717, 1.165) is 0 Å². The SMILES string of the molecule is O=[N+]([O-])C(/C=N/O)=N/Nc1ccc(Cl)cc1. The summed E-state index contributed by atoms with van der Waals surface area (Å²) in [5.41, 5.74) is 2.95. The van der Waals surface area contributed by atoms with Crippen LogP contribution in [0.4, 0.5) is 5.69 Å². The number of benzene rings is 1. The summed E-state index contributed by atoms with van der Waals surface area (Å²) in [4.78, 5) is 9.59. The molecule has 8 heteroatoms. The molecular formula is C8H7ClN4O3. The first-order chi connectivity index (χ1) is 7.63. The second-order valence-corrected chi connectivity index (χ2v) is 3.03. The Bertz CT molecular complexity index is 429. The topological polar surface area (TPSA) is 100 Å². The minimum atomic E-state index is -0.789. The van der Waals surface area contributed by atoms with E-state index in [1.54, 1.807) is 24.3 Å². The third-order valence-corrected chi connectivity index (χ3v) is 1.76. The largest absolute Gasteiger partial charge is 0.411 e. The van der Waals surface area contributed by atoms with E-state index in [0.29, 0.717) is 16.9 Å². The minimum absolute atomic E-state index is 0.523. The summed E-state index contributed by atoms with van der Waals surface area (Å²) in [6, 6.07) is 6.40. The van der Waals surface area contributed by atoms with E-state index in [1.807, 2.05) is 0 Å². The van der Waals surface area contributed by atoms with Crippen LogP contribution in [-0.2, 0) is 0 Å². The molecule has 0 radical (unpaired) electrons. The Morgan fingerprint density at radius 3 is 2.62 bits per heavy atom. The van der Waals surface area contributed by atoms with Crippen LogP contribution in [0.15, 0.2) is 34.5 Å². The molecule has 84 valence electrons. The first kappa shape index (κ1) is 11.9. The van der Waals surface area contributed by atoms with E-state index in [9.17, 15) is 10.1 Å². The summed E-state index contributed by atoms with van der Waals surface area (Å²) in [7, 11) is 0. The lowest BCUT2D eigenvalue weighted by atomic mass is 10.3. The second-order valence-electron chi connectivity index (χ2n) is 2.59. The Hall–Kier alpha value is -2.15. The van der Waals surface area contributed by atoms with Gasteiger partial charge in [0.25, 0.3) is 0 Å². The second kappa shape index (κ2) is 5.66. The molecule has 1 aromatic carbocycles. The van der Waals surface area contributed by atoms with Gasteiger partial charge in [-0.1, -0.05) is 16.8 Å². The van der Waals surface area contributed by atoms with Gasteiger partial charge < -0.3 is 15.3 Å². The van der Waals surface area contributed by atoms with Crippen LogP contribution >= 0.6 is 11.6 Å². The molecule has 0 spiro atoms. The van der Waals surface area contributed by atoms with Crippen LogP contribution in [0.3, 0.4) is 0 Å². The average molecular weight is 243 g/mol. The molecule has 1 rings (SSSR count). The van der Waals surface area contributed by atoms with Crippen molar-refractivity contribution < 1.29 is 10.1 Å². The molecule has 0 aliphatic rings. The number of nitrogens with zero attached hydrogens (tertiary/aromatic N) is 3. The van der Waals surface area contributed by atoms with Crippen molar-refractivity contribution in [1.82, 2.24) is 0 Å². The maximum Gasteiger partial charge on any atom is 0.409 e. The highest BCUT2D eigenvalue weighted by Gasteiger charge is 2.09. The van der Waals surface area contributed by atoms with Crippen molar-refractivity contribution in [1.29, 1.82) is 0 Å². The third kappa shape index (κ3) is 3.54. The summed E-state index contributed by atoms with van der Waals surface area (Å²) in [5.74, 6) is -0.613. The normalized spacial score (nSPS) is 11.7. The number of hydrogen-bond acceptors (Lipinski definition) is 6. The first-order valence-corrected chi connectivity index (χ1v) is 4.42. The Kier molecular flexibility index (Phi) is 4.22. The number of halogens is 1. The molecule has 0 saturated heterocycles. The maximum atomic E-state index is 10.4. The molecule has 2 N–H and O–H groups in total. The molecule has 0 heterocycles. The van der Waals surface area contributed by atoms with E-state index in [-0.39, 0.29) is 0 Å². The van der Waals surface area contributed by atoms with Gasteiger partial charge in [-0.25, -0.2) is 0 Å². The molecule has 0 aromatic heterocycles. The van der Waals surface area contributed by atoms with Crippen LogP contribution in [-0.4, -0.2) is 22.2 Å². The Morgan fingerprint density at radius 1 is 1.50 bits per heavy atom. The number of nitro groups is 1. The highest BCUT2D eigenvalue weighted by molar-refractivity contribution is 6.30. The highest BCUT2D eigenvalue weighted by Crippen LogP contribution is 2.13. The molecule has 7 nitrogen and oxygen atoms in total. The van der Waals surface area contributed by atoms with Gasteiger partial charge in [-0.3, -0.25) is 0 Å². The molecule has 0 unspecified atom stereocenters. The van der Waals surface area contributed by atoms with Crippen molar-refractivity contribution in [3.63, 3.8) is 0 Å². The zero-order valence-electron chi connectivity index (χ0n) is 7.87. The molecule has 0 atom stereocenters. The molecule has 0 amide bonds. The van der Waals surface area contributed by atoms with Gasteiger partial charge >= 0.3 is 5.84 Å². The van der Waals surface area contributed by atoms with E-state index in [2.05, 4.69) is 15.7 Å². The lowest BCUT2D eigenvalue weighted by molar-refractivity contribution is -0.345. The van der Waals surface area contributed by atoms with Gasteiger partial charge in [-0.2, -0.15) is 5.43 Å². The zero-order chi connectivity index (χ0) is 12.0. The van der Waals surface area contributed by atoms with Gasteiger partial charge in [-0.05, 0) is 29.2 Å². The number of hydrazone groups is 1. The van der Waals surface area contributed by atoms with Gasteiger partial charge in [0.05, 0.1) is 10.8 Å². The summed E-state index contributed by atoms with van der Waals surface area (Å²) in [5, 5.41) is 25.0. The fraction of sp³-hybridized carbons (Fsp3) is 0. The van der Waals surface area contributed by atoms with Gasteiger partial charge in [0.2, 0.25) is 0 Å². The van der Waals surface area contributed by atoms with Gasteiger partial charge in [-0.15, -0.1) is 0 Å². The number of hydrogen-bond donors (Lipinski definition) is 2. The molecule has 0 aliphatic heterocycles. The lowest BCUT2D eigenvalue weighted by Crippen LogP contribution is -2.15. The van der Waals surface area contributed by atoms with Crippen molar-refractivity contribution in [2.24, 2.45) is 10.3 Å². The molecule has 0 saturated carbocycles. The number of anilines is 1.